The van der Waals surface area contributed by atoms with Gasteiger partial charge in [0.1, 0.15) is 5.75 Å². The van der Waals surface area contributed by atoms with Crippen LogP contribution in [0.5, 0.6) is 5.75 Å². The molecular formula is C17H30N2O. The standard InChI is InChI=1S/C17H30N2O/c1-5-11-20-17-8-6-7-16(12-17)14-19(4)10-9-18-13-15(2)3/h6-8,12,15,18H,5,9-11,13-14H2,1-4H3. The molecule has 0 spiro atoms. The summed E-state index contributed by atoms with van der Waals surface area (Å²) in [5, 5.41) is 3.47. The average Bonchev–Trinajstić information content (AvgIpc) is 2.41. The lowest BCUT2D eigenvalue weighted by atomic mass is 10.2. The lowest BCUT2D eigenvalue weighted by Gasteiger charge is -2.18. The minimum absolute atomic E-state index is 0.715. The van der Waals surface area contributed by atoms with E-state index >= 15 is 0 Å². The number of hydrogen-bond acceptors (Lipinski definition) is 3. The first-order chi connectivity index (χ1) is 9.61. The first-order valence-electron chi connectivity index (χ1n) is 7.72. The van der Waals surface area contributed by atoms with Gasteiger partial charge in [-0.05, 0) is 43.6 Å². The Morgan fingerprint density at radius 2 is 2.10 bits per heavy atom. The molecule has 3 heteroatoms. The van der Waals surface area contributed by atoms with Crippen molar-refractivity contribution in [1.29, 1.82) is 0 Å². The summed E-state index contributed by atoms with van der Waals surface area (Å²) in [5.74, 6) is 1.70. The largest absolute Gasteiger partial charge is 0.494 e. The van der Waals surface area contributed by atoms with E-state index in [1.807, 2.05) is 6.07 Å². The molecule has 0 bridgehead atoms. The lowest BCUT2D eigenvalue weighted by Crippen LogP contribution is -2.30. The van der Waals surface area contributed by atoms with Gasteiger partial charge in [0.05, 0.1) is 6.61 Å². The number of nitrogens with zero attached hydrogens (tertiary/aromatic N) is 1. The van der Waals surface area contributed by atoms with Crippen LogP contribution in [0.2, 0.25) is 0 Å². The molecule has 0 aliphatic carbocycles. The van der Waals surface area contributed by atoms with Crippen LogP contribution < -0.4 is 10.1 Å². The van der Waals surface area contributed by atoms with Gasteiger partial charge >= 0.3 is 0 Å². The van der Waals surface area contributed by atoms with Crippen molar-refractivity contribution in [3.05, 3.63) is 29.8 Å². The highest BCUT2D eigenvalue weighted by Crippen LogP contribution is 2.14. The van der Waals surface area contributed by atoms with Gasteiger partial charge in [-0.25, -0.2) is 0 Å². The minimum atomic E-state index is 0.715. The van der Waals surface area contributed by atoms with Crippen molar-refractivity contribution in [2.75, 3.05) is 33.3 Å². The molecular weight excluding hydrogens is 248 g/mol. The van der Waals surface area contributed by atoms with Gasteiger partial charge in [0.15, 0.2) is 0 Å². The molecule has 0 saturated heterocycles. The molecule has 0 aliphatic rings. The molecule has 0 atom stereocenters. The van der Waals surface area contributed by atoms with E-state index in [2.05, 4.69) is 56.2 Å². The van der Waals surface area contributed by atoms with Crippen molar-refractivity contribution in [2.24, 2.45) is 5.92 Å². The summed E-state index contributed by atoms with van der Waals surface area (Å²) in [7, 11) is 2.16. The molecule has 3 nitrogen and oxygen atoms in total. The van der Waals surface area contributed by atoms with Gasteiger partial charge in [-0.3, -0.25) is 0 Å². The summed E-state index contributed by atoms with van der Waals surface area (Å²) in [5.41, 5.74) is 1.31. The third-order valence-electron chi connectivity index (χ3n) is 3.05. The van der Waals surface area contributed by atoms with Crippen LogP contribution in [0.15, 0.2) is 24.3 Å². The third-order valence-corrected chi connectivity index (χ3v) is 3.05. The summed E-state index contributed by atoms with van der Waals surface area (Å²) in [6.45, 7) is 11.5. The second kappa shape index (κ2) is 9.78. The fraction of sp³-hybridized carbons (Fsp3) is 0.647. The van der Waals surface area contributed by atoms with Crippen molar-refractivity contribution < 1.29 is 4.74 Å². The number of benzene rings is 1. The van der Waals surface area contributed by atoms with Crippen LogP contribution >= 0.6 is 0 Å². The fourth-order valence-electron chi connectivity index (χ4n) is 2.00. The Hall–Kier alpha value is -1.06. The zero-order chi connectivity index (χ0) is 14.8. The number of rotatable bonds is 10. The maximum Gasteiger partial charge on any atom is 0.119 e. The molecule has 1 aromatic rings. The first kappa shape index (κ1) is 17.0. The predicted octanol–water partition coefficient (Wildman–Crippen LogP) is 3.15. The molecule has 0 aliphatic heterocycles. The normalized spacial score (nSPS) is 11.3. The Balaban J connectivity index is 2.31. The minimum Gasteiger partial charge on any atom is -0.494 e. The van der Waals surface area contributed by atoms with Crippen molar-refractivity contribution in [3.63, 3.8) is 0 Å². The summed E-state index contributed by atoms with van der Waals surface area (Å²) in [6.07, 6.45) is 1.05. The topological polar surface area (TPSA) is 24.5 Å². The molecule has 0 unspecified atom stereocenters. The Morgan fingerprint density at radius 1 is 1.30 bits per heavy atom. The van der Waals surface area contributed by atoms with Gasteiger partial charge in [-0.1, -0.05) is 32.9 Å². The van der Waals surface area contributed by atoms with E-state index in [-0.39, 0.29) is 0 Å². The van der Waals surface area contributed by atoms with Crippen LogP contribution in [0.1, 0.15) is 32.8 Å². The highest BCUT2D eigenvalue weighted by atomic mass is 16.5. The van der Waals surface area contributed by atoms with Crippen molar-refractivity contribution in [2.45, 2.75) is 33.7 Å². The zero-order valence-electron chi connectivity index (χ0n) is 13.5. The molecule has 0 aromatic heterocycles. The smallest absolute Gasteiger partial charge is 0.119 e. The molecule has 0 heterocycles. The predicted molar refractivity (Wildman–Crippen MR) is 86.3 cm³/mol. The van der Waals surface area contributed by atoms with Crippen LogP contribution in [0.4, 0.5) is 0 Å². The zero-order valence-corrected chi connectivity index (χ0v) is 13.5. The summed E-state index contributed by atoms with van der Waals surface area (Å²) < 4.78 is 5.67. The van der Waals surface area contributed by atoms with Gasteiger partial charge in [-0.15, -0.1) is 0 Å². The maximum atomic E-state index is 5.67. The Kier molecular flexibility index (Phi) is 8.31. The van der Waals surface area contributed by atoms with Gasteiger partial charge in [-0.2, -0.15) is 0 Å². The van der Waals surface area contributed by atoms with E-state index in [1.54, 1.807) is 0 Å². The van der Waals surface area contributed by atoms with E-state index in [0.29, 0.717) is 5.92 Å². The molecule has 1 rings (SSSR count). The molecule has 0 radical (unpaired) electrons. The van der Waals surface area contributed by atoms with Gasteiger partial charge in [0, 0.05) is 19.6 Å². The van der Waals surface area contributed by atoms with E-state index in [1.165, 1.54) is 5.56 Å². The Labute approximate surface area is 124 Å². The van der Waals surface area contributed by atoms with Gasteiger partial charge < -0.3 is 15.0 Å². The van der Waals surface area contributed by atoms with Crippen LogP contribution in [0.25, 0.3) is 0 Å². The van der Waals surface area contributed by atoms with Crippen molar-refractivity contribution >= 4 is 0 Å². The Bertz CT molecular complexity index is 366. The second-order valence-electron chi connectivity index (χ2n) is 5.83. The number of hydrogen-bond donors (Lipinski definition) is 1. The van der Waals surface area contributed by atoms with Gasteiger partial charge in [0.25, 0.3) is 0 Å². The van der Waals surface area contributed by atoms with E-state index in [9.17, 15) is 0 Å². The Morgan fingerprint density at radius 3 is 2.80 bits per heavy atom. The molecule has 0 fully saturated rings. The van der Waals surface area contributed by atoms with E-state index < -0.39 is 0 Å². The fourth-order valence-corrected chi connectivity index (χ4v) is 2.00. The average molecular weight is 278 g/mol. The molecule has 20 heavy (non-hydrogen) atoms. The third kappa shape index (κ3) is 7.51. The maximum absolute atomic E-state index is 5.67. The molecule has 0 saturated carbocycles. The lowest BCUT2D eigenvalue weighted by molar-refractivity contribution is 0.310. The number of likely N-dealkylation sites (N-methyl/N-ethyl adjacent to an activating group) is 1. The quantitative estimate of drug-likeness (QED) is 0.665. The van der Waals surface area contributed by atoms with Crippen LogP contribution in [-0.2, 0) is 6.54 Å². The van der Waals surface area contributed by atoms with Gasteiger partial charge in [0.2, 0.25) is 0 Å². The summed E-state index contributed by atoms with van der Waals surface area (Å²) in [6, 6.07) is 8.42. The van der Waals surface area contributed by atoms with Crippen LogP contribution in [0, 0.1) is 5.92 Å². The molecule has 1 N–H and O–H groups in total. The SMILES string of the molecule is CCCOc1cccc(CN(C)CCNCC(C)C)c1. The summed E-state index contributed by atoms with van der Waals surface area (Å²) in [4.78, 5) is 2.34. The molecule has 1 aromatic carbocycles. The molecule has 114 valence electrons. The number of ether oxygens (including phenoxy) is 1. The van der Waals surface area contributed by atoms with E-state index in [4.69, 9.17) is 4.74 Å². The first-order valence-corrected chi connectivity index (χ1v) is 7.72. The highest BCUT2D eigenvalue weighted by molar-refractivity contribution is 5.28. The monoisotopic (exact) mass is 278 g/mol. The summed E-state index contributed by atoms with van der Waals surface area (Å²) >= 11 is 0. The molecule has 0 amide bonds. The second-order valence-corrected chi connectivity index (χ2v) is 5.83. The van der Waals surface area contributed by atoms with Crippen molar-refractivity contribution in [1.82, 2.24) is 10.2 Å². The number of nitrogens with one attached hydrogen (secondary N) is 1. The van der Waals surface area contributed by atoms with Crippen molar-refractivity contribution in [3.8, 4) is 5.75 Å². The van der Waals surface area contributed by atoms with E-state index in [0.717, 1.165) is 45.0 Å². The van der Waals surface area contributed by atoms with Crippen LogP contribution in [-0.4, -0.2) is 38.2 Å². The highest BCUT2D eigenvalue weighted by Gasteiger charge is 2.02. The van der Waals surface area contributed by atoms with Crippen LogP contribution in [0.3, 0.4) is 0 Å².